The summed E-state index contributed by atoms with van der Waals surface area (Å²) in [6.45, 7) is 2.68. The van der Waals surface area contributed by atoms with Crippen molar-refractivity contribution in [3.8, 4) is 0 Å². The molecule has 1 aliphatic carbocycles. The number of amides is 2. The quantitative estimate of drug-likeness (QED) is 0.764. The minimum atomic E-state index is 0.00714. The van der Waals surface area contributed by atoms with E-state index in [9.17, 15) is 9.59 Å². The van der Waals surface area contributed by atoms with Gasteiger partial charge in [-0.25, -0.2) is 0 Å². The number of rotatable bonds is 7. The Morgan fingerprint density at radius 1 is 0.857 bits per heavy atom. The summed E-state index contributed by atoms with van der Waals surface area (Å²) >= 11 is 0. The lowest BCUT2D eigenvalue weighted by atomic mass is 9.81. The van der Waals surface area contributed by atoms with E-state index in [2.05, 4.69) is 22.8 Å². The van der Waals surface area contributed by atoms with E-state index in [1.807, 2.05) is 55.5 Å². The summed E-state index contributed by atoms with van der Waals surface area (Å²) in [6, 6.07) is 20.2. The molecule has 3 rings (SSSR count). The molecule has 148 valence electrons. The molecule has 0 aliphatic heterocycles. The van der Waals surface area contributed by atoms with Crippen molar-refractivity contribution in [3.05, 3.63) is 71.8 Å². The summed E-state index contributed by atoms with van der Waals surface area (Å²) in [5.41, 5.74) is 2.35. The summed E-state index contributed by atoms with van der Waals surface area (Å²) in [5, 5.41) is 6.18. The number of carbonyl (C=O) groups is 2. The second kappa shape index (κ2) is 10.1. The van der Waals surface area contributed by atoms with Crippen molar-refractivity contribution in [1.29, 1.82) is 0 Å². The Morgan fingerprint density at radius 2 is 1.39 bits per heavy atom. The molecule has 1 atom stereocenters. The van der Waals surface area contributed by atoms with Crippen LogP contribution in [0.3, 0.4) is 0 Å². The fourth-order valence-electron chi connectivity index (χ4n) is 3.89. The fourth-order valence-corrected chi connectivity index (χ4v) is 3.89. The van der Waals surface area contributed by atoms with Gasteiger partial charge in [0.1, 0.15) is 0 Å². The zero-order valence-electron chi connectivity index (χ0n) is 16.6. The molecule has 1 unspecified atom stereocenters. The Morgan fingerprint density at radius 3 is 2.00 bits per heavy atom. The van der Waals surface area contributed by atoms with Gasteiger partial charge in [-0.2, -0.15) is 0 Å². The van der Waals surface area contributed by atoms with Gasteiger partial charge in [-0.05, 0) is 50.2 Å². The van der Waals surface area contributed by atoms with Crippen LogP contribution in [0.5, 0.6) is 0 Å². The zero-order valence-corrected chi connectivity index (χ0v) is 16.6. The highest BCUT2D eigenvalue weighted by Crippen LogP contribution is 2.29. The highest BCUT2D eigenvalue weighted by Gasteiger charge is 2.30. The second-order valence-corrected chi connectivity index (χ2v) is 7.72. The minimum absolute atomic E-state index is 0.00714. The third kappa shape index (κ3) is 5.69. The number of benzene rings is 2. The SMILES string of the molecule is CC(NC(=O)C1CCC(C(=O)NCCc2ccccc2)CC1)c1ccccc1. The van der Waals surface area contributed by atoms with Gasteiger partial charge in [0.25, 0.3) is 0 Å². The van der Waals surface area contributed by atoms with Gasteiger partial charge >= 0.3 is 0 Å². The summed E-state index contributed by atoms with van der Waals surface area (Å²) in [6.07, 6.45) is 3.99. The molecule has 0 spiro atoms. The van der Waals surface area contributed by atoms with Gasteiger partial charge in [0.05, 0.1) is 6.04 Å². The first-order chi connectivity index (χ1) is 13.6. The molecule has 2 aromatic rings. The molecular weight excluding hydrogens is 348 g/mol. The maximum atomic E-state index is 12.6. The first-order valence-electron chi connectivity index (χ1n) is 10.3. The molecule has 1 fully saturated rings. The van der Waals surface area contributed by atoms with Crippen LogP contribution in [0.2, 0.25) is 0 Å². The first-order valence-corrected chi connectivity index (χ1v) is 10.3. The summed E-state index contributed by atoms with van der Waals surface area (Å²) in [7, 11) is 0. The van der Waals surface area contributed by atoms with Gasteiger partial charge in [-0.1, -0.05) is 60.7 Å². The lowest BCUT2D eigenvalue weighted by Crippen LogP contribution is -2.38. The molecule has 4 heteroatoms. The Hall–Kier alpha value is -2.62. The predicted molar refractivity (Wildman–Crippen MR) is 112 cm³/mol. The van der Waals surface area contributed by atoms with E-state index < -0.39 is 0 Å². The molecule has 0 aromatic heterocycles. The van der Waals surface area contributed by atoms with Crippen molar-refractivity contribution in [2.24, 2.45) is 11.8 Å². The van der Waals surface area contributed by atoms with E-state index in [1.54, 1.807) is 0 Å². The lowest BCUT2D eigenvalue weighted by molar-refractivity contribution is -0.130. The molecule has 0 heterocycles. The molecule has 1 aliphatic rings. The smallest absolute Gasteiger partial charge is 0.223 e. The van der Waals surface area contributed by atoms with E-state index in [0.717, 1.165) is 37.7 Å². The second-order valence-electron chi connectivity index (χ2n) is 7.72. The van der Waals surface area contributed by atoms with Gasteiger partial charge in [-0.15, -0.1) is 0 Å². The molecule has 28 heavy (non-hydrogen) atoms. The molecule has 4 nitrogen and oxygen atoms in total. The molecule has 0 bridgehead atoms. The van der Waals surface area contributed by atoms with Crippen LogP contribution < -0.4 is 10.6 Å². The standard InChI is InChI=1S/C24H30N2O2/c1-18(20-10-6-3-7-11-20)26-24(28)22-14-12-21(13-15-22)23(27)25-17-16-19-8-4-2-5-9-19/h2-11,18,21-22H,12-17H2,1H3,(H,25,27)(H,26,28). The highest BCUT2D eigenvalue weighted by atomic mass is 16.2. The monoisotopic (exact) mass is 378 g/mol. The maximum absolute atomic E-state index is 12.6. The summed E-state index contributed by atoms with van der Waals surface area (Å²) < 4.78 is 0. The van der Waals surface area contributed by atoms with E-state index in [-0.39, 0.29) is 29.7 Å². The van der Waals surface area contributed by atoms with Crippen molar-refractivity contribution in [2.45, 2.75) is 45.1 Å². The summed E-state index contributed by atoms with van der Waals surface area (Å²) in [5.74, 6) is 0.289. The Kier molecular flexibility index (Phi) is 7.24. The van der Waals surface area contributed by atoms with Gasteiger partial charge in [0.2, 0.25) is 11.8 Å². The minimum Gasteiger partial charge on any atom is -0.356 e. The van der Waals surface area contributed by atoms with E-state index in [1.165, 1.54) is 5.56 Å². The Labute approximate surface area is 167 Å². The molecule has 2 aromatic carbocycles. The van der Waals surface area contributed by atoms with Gasteiger partial charge in [-0.3, -0.25) is 9.59 Å². The molecule has 1 saturated carbocycles. The van der Waals surface area contributed by atoms with Crippen LogP contribution in [-0.4, -0.2) is 18.4 Å². The fraction of sp³-hybridized carbons (Fsp3) is 0.417. The van der Waals surface area contributed by atoms with Gasteiger partial charge in [0.15, 0.2) is 0 Å². The lowest BCUT2D eigenvalue weighted by Gasteiger charge is -2.28. The molecule has 2 amide bonds. The summed E-state index contributed by atoms with van der Waals surface area (Å²) in [4.78, 5) is 25.0. The van der Waals surface area contributed by atoms with Crippen LogP contribution in [-0.2, 0) is 16.0 Å². The zero-order chi connectivity index (χ0) is 19.8. The predicted octanol–water partition coefficient (Wildman–Crippen LogP) is 4.03. The van der Waals surface area contributed by atoms with Crippen LogP contribution in [0, 0.1) is 11.8 Å². The largest absolute Gasteiger partial charge is 0.356 e. The maximum Gasteiger partial charge on any atom is 0.223 e. The Bertz CT molecular complexity index is 753. The molecule has 2 N–H and O–H groups in total. The average Bonchev–Trinajstić information content (AvgIpc) is 2.75. The van der Waals surface area contributed by atoms with Crippen LogP contribution >= 0.6 is 0 Å². The van der Waals surface area contributed by atoms with E-state index in [4.69, 9.17) is 0 Å². The van der Waals surface area contributed by atoms with Crippen molar-refractivity contribution in [1.82, 2.24) is 10.6 Å². The molecule has 0 radical (unpaired) electrons. The topological polar surface area (TPSA) is 58.2 Å². The third-order valence-electron chi connectivity index (χ3n) is 5.68. The van der Waals surface area contributed by atoms with Crippen molar-refractivity contribution in [2.75, 3.05) is 6.54 Å². The number of nitrogens with one attached hydrogen (secondary N) is 2. The average molecular weight is 379 g/mol. The van der Waals surface area contributed by atoms with Gasteiger partial charge in [0, 0.05) is 18.4 Å². The van der Waals surface area contributed by atoms with Crippen LogP contribution in [0.4, 0.5) is 0 Å². The van der Waals surface area contributed by atoms with E-state index >= 15 is 0 Å². The first kappa shape index (κ1) is 20.1. The highest BCUT2D eigenvalue weighted by molar-refractivity contribution is 5.81. The Balaban J connectivity index is 1.38. The van der Waals surface area contributed by atoms with Crippen molar-refractivity contribution < 1.29 is 9.59 Å². The van der Waals surface area contributed by atoms with Crippen LogP contribution in [0.25, 0.3) is 0 Å². The normalized spacial score (nSPS) is 20.2. The number of hydrogen-bond donors (Lipinski definition) is 2. The number of hydrogen-bond acceptors (Lipinski definition) is 2. The number of carbonyl (C=O) groups excluding carboxylic acids is 2. The van der Waals surface area contributed by atoms with Crippen LogP contribution in [0.15, 0.2) is 60.7 Å². The van der Waals surface area contributed by atoms with Gasteiger partial charge < -0.3 is 10.6 Å². The molecule has 0 saturated heterocycles. The van der Waals surface area contributed by atoms with Crippen molar-refractivity contribution in [3.63, 3.8) is 0 Å². The molecular formula is C24H30N2O2. The van der Waals surface area contributed by atoms with E-state index in [0.29, 0.717) is 6.54 Å². The third-order valence-corrected chi connectivity index (χ3v) is 5.68. The van der Waals surface area contributed by atoms with Crippen molar-refractivity contribution >= 4 is 11.8 Å². The van der Waals surface area contributed by atoms with Crippen LogP contribution in [0.1, 0.15) is 49.8 Å².